The van der Waals surface area contributed by atoms with Crippen LogP contribution in [0.5, 0.6) is 0 Å². The second-order valence-electron chi connectivity index (χ2n) is 4.54. The Labute approximate surface area is 109 Å². The van der Waals surface area contributed by atoms with Crippen LogP contribution in [0.3, 0.4) is 0 Å². The summed E-state index contributed by atoms with van der Waals surface area (Å²) in [7, 11) is -0.827. The quantitative estimate of drug-likeness (QED) is 0.540. The number of carbonyl (C=O) groups excluding carboxylic acids is 2. The summed E-state index contributed by atoms with van der Waals surface area (Å²) in [5.41, 5.74) is 0. The molecule has 1 N–H and O–H groups in total. The molecule has 7 heteroatoms. The van der Waals surface area contributed by atoms with E-state index in [0.29, 0.717) is 37.7 Å². The second-order valence-corrected chi connectivity index (χ2v) is 6.23. The van der Waals surface area contributed by atoms with E-state index >= 15 is 0 Å². The van der Waals surface area contributed by atoms with Crippen LogP contribution in [-0.4, -0.2) is 76.6 Å². The third kappa shape index (κ3) is 3.29. The molecular formula is C11H19N3O3S. The molecule has 0 bridgehead atoms. The highest BCUT2D eigenvalue weighted by atomic mass is 32.2. The number of carbonyl (C=O) groups is 2. The summed E-state index contributed by atoms with van der Waals surface area (Å²) in [6.45, 7) is 3.72. The third-order valence-electron chi connectivity index (χ3n) is 3.28. The van der Waals surface area contributed by atoms with Gasteiger partial charge in [0.1, 0.15) is 0 Å². The fourth-order valence-corrected chi connectivity index (χ4v) is 3.21. The molecule has 0 saturated carbocycles. The van der Waals surface area contributed by atoms with Crippen LogP contribution >= 0.6 is 0 Å². The van der Waals surface area contributed by atoms with E-state index < -0.39 is 22.6 Å². The van der Waals surface area contributed by atoms with Gasteiger partial charge >= 0.3 is 11.8 Å². The van der Waals surface area contributed by atoms with Crippen molar-refractivity contribution in [2.75, 3.05) is 50.8 Å². The van der Waals surface area contributed by atoms with Crippen molar-refractivity contribution in [3.63, 3.8) is 0 Å². The van der Waals surface area contributed by atoms with Gasteiger partial charge in [-0.25, -0.2) is 0 Å². The molecule has 18 heavy (non-hydrogen) atoms. The van der Waals surface area contributed by atoms with E-state index in [-0.39, 0.29) is 0 Å². The zero-order chi connectivity index (χ0) is 13.0. The SMILES string of the molecule is O=C(C(=O)N1CCS(=O)CC1)N1CCCNCC1. The minimum Gasteiger partial charge on any atom is -0.333 e. The van der Waals surface area contributed by atoms with Gasteiger partial charge in [0.25, 0.3) is 0 Å². The molecule has 0 aromatic rings. The van der Waals surface area contributed by atoms with Crippen LogP contribution in [0.2, 0.25) is 0 Å². The first-order chi connectivity index (χ1) is 8.68. The van der Waals surface area contributed by atoms with Crippen molar-refractivity contribution in [3.05, 3.63) is 0 Å². The van der Waals surface area contributed by atoms with Crippen LogP contribution in [0.25, 0.3) is 0 Å². The van der Waals surface area contributed by atoms with Gasteiger partial charge in [0.2, 0.25) is 0 Å². The number of nitrogens with zero attached hydrogens (tertiary/aromatic N) is 2. The molecule has 0 atom stereocenters. The van der Waals surface area contributed by atoms with Gasteiger partial charge in [0.05, 0.1) is 0 Å². The third-order valence-corrected chi connectivity index (χ3v) is 4.55. The molecule has 2 amide bonds. The minimum absolute atomic E-state index is 0.411. The summed E-state index contributed by atoms with van der Waals surface area (Å²) in [5.74, 6) is 0.126. The number of hydrogen-bond acceptors (Lipinski definition) is 4. The predicted octanol–water partition coefficient (Wildman–Crippen LogP) is -1.60. The molecule has 0 radical (unpaired) electrons. The van der Waals surface area contributed by atoms with E-state index in [1.165, 1.54) is 4.90 Å². The zero-order valence-corrected chi connectivity index (χ0v) is 11.2. The first-order valence-corrected chi connectivity index (χ1v) is 7.81. The molecule has 2 heterocycles. The van der Waals surface area contributed by atoms with Crippen LogP contribution in [0.15, 0.2) is 0 Å². The molecule has 6 nitrogen and oxygen atoms in total. The Morgan fingerprint density at radius 3 is 2.17 bits per heavy atom. The van der Waals surface area contributed by atoms with Crippen LogP contribution < -0.4 is 5.32 Å². The first kappa shape index (κ1) is 13.5. The molecule has 102 valence electrons. The molecule has 2 saturated heterocycles. The fraction of sp³-hybridized carbons (Fsp3) is 0.818. The van der Waals surface area contributed by atoms with Crippen molar-refractivity contribution >= 4 is 22.6 Å². The minimum atomic E-state index is -0.827. The average Bonchev–Trinajstić information content (AvgIpc) is 2.67. The Morgan fingerprint density at radius 1 is 0.889 bits per heavy atom. The zero-order valence-electron chi connectivity index (χ0n) is 10.4. The standard InChI is InChI=1S/C11H19N3O3S/c15-10(13-4-1-2-12-3-5-13)11(16)14-6-8-18(17)9-7-14/h12H,1-9H2. The molecule has 0 aromatic heterocycles. The van der Waals surface area contributed by atoms with Crippen LogP contribution in [0, 0.1) is 0 Å². The smallest absolute Gasteiger partial charge is 0.312 e. The maximum absolute atomic E-state index is 12.1. The maximum atomic E-state index is 12.1. The Kier molecular flexibility index (Phi) is 4.71. The van der Waals surface area contributed by atoms with Gasteiger partial charge in [-0.1, -0.05) is 0 Å². The van der Waals surface area contributed by atoms with Gasteiger partial charge in [-0.15, -0.1) is 0 Å². The van der Waals surface area contributed by atoms with Gasteiger partial charge < -0.3 is 15.1 Å². The van der Waals surface area contributed by atoms with Crippen LogP contribution in [0.4, 0.5) is 0 Å². The summed E-state index contributed by atoms with van der Waals surface area (Å²) in [5, 5.41) is 3.20. The highest BCUT2D eigenvalue weighted by Crippen LogP contribution is 2.04. The summed E-state index contributed by atoms with van der Waals surface area (Å²) < 4.78 is 11.2. The lowest BCUT2D eigenvalue weighted by atomic mass is 10.3. The highest BCUT2D eigenvalue weighted by Gasteiger charge is 2.29. The van der Waals surface area contributed by atoms with Gasteiger partial charge in [0, 0.05) is 55.0 Å². The maximum Gasteiger partial charge on any atom is 0.312 e. The average molecular weight is 273 g/mol. The van der Waals surface area contributed by atoms with Gasteiger partial charge in [-0.3, -0.25) is 13.8 Å². The van der Waals surface area contributed by atoms with Gasteiger partial charge in [-0.05, 0) is 13.0 Å². The lowest BCUT2D eigenvalue weighted by molar-refractivity contribution is -0.151. The summed E-state index contributed by atoms with van der Waals surface area (Å²) in [6, 6.07) is 0. The van der Waals surface area contributed by atoms with E-state index in [1.54, 1.807) is 4.90 Å². The summed E-state index contributed by atoms with van der Waals surface area (Å²) >= 11 is 0. The number of rotatable bonds is 0. The number of hydrogen-bond donors (Lipinski definition) is 1. The summed E-state index contributed by atoms with van der Waals surface area (Å²) in [6.07, 6.45) is 0.878. The second kappa shape index (κ2) is 6.29. The normalized spacial score (nSPS) is 22.7. The largest absolute Gasteiger partial charge is 0.333 e. The Balaban J connectivity index is 1.91. The van der Waals surface area contributed by atoms with Crippen molar-refractivity contribution < 1.29 is 13.8 Å². The van der Waals surface area contributed by atoms with E-state index in [1.807, 2.05) is 0 Å². The summed E-state index contributed by atoms with van der Waals surface area (Å²) in [4.78, 5) is 27.2. The lowest BCUT2D eigenvalue weighted by Crippen LogP contribution is -2.50. The monoisotopic (exact) mass is 273 g/mol. The molecule has 0 aromatic carbocycles. The van der Waals surface area contributed by atoms with E-state index in [4.69, 9.17) is 0 Å². The molecule has 0 spiro atoms. The van der Waals surface area contributed by atoms with Crippen molar-refractivity contribution in [2.24, 2.45) is 0 Å². The van der Waals surface area contributed by atoms with E-state index in [0.717, 1.165) is 19.5 Å². The van der Waals surface area contributed by atoms with Crippen molar-refractivity contribution in [1.29, 1.82) is 0 Å². The molecule has 2 fully saturated rings. The number of nitrogens with one attached hydrogen (secondary N) is 1. The molecular weight excluding hydrogens is 254 g/mol. The Morgan fingerprint density at radius 2 is 1.50 bits per heavy atom. The number of amides is 2. The van der Waals surface area contributed by atoms with E-state index in [9.17, 15) is 13.8 Å². The van der Waals surface area contributed by atoms with Crippen molar-refractivity contribution in [2.45, 2.75) is 6.42 Å². The van der Waals surface area contributed by atoms with Gasteiger partial charge in [0.15, 0.2) is 0 Å². The molecule has 0 aliphatic carbocycles. The highest BCUT2D eigenvalue weighted by molar-refractivity contribution is 7.85. The van der Waals surface area contributed by atoms with E-state index in [2.05, 4.69) is 5.32 Å². The molecule has 2 aliphatic rings. The van der Waals surface area contributed by atoms with Gasteiger partial charge in [-0.2, -0.15) is 0 Å². The lowest BCUT2D eigenvalue weighted by Gasteiger charge is -2.28. The molecule has 2 rings (SSSR count). The molecule has 0 unspecified atom stereocenters. The Hall–Kier alpha value is -0.950. The predicted molar refractivity (Wildman–Crippen MR) is 68.5 cm³/mol. The van der Waals surface area contributed by atoms with Crippen LogP contribution in [-0.2, 0) is 20.4 Å². The van der Waals surface area contributed by atoms with Crippen LogP contribution in [0.1, 0.15) is 6.42 Å². The first-order valence-electron chi connectivity index (χ1n) is 6.32. The Bertz CT molecular complexity index is 343. The van der Waals surface area contributed by atoms with Crippen molar-refractivity contribution in [1.82, 2.24) is 15.1 Å². The topological polar surface area (TPSA) is 69.7 Å². The van der Waals surface area contributed by atoms with Crippen molar-refractivity contribution in [3.8, 4) is 0 Å². The fourth-order valence-electron chi connectivity index (χ4n) is 2.16. The molecule has 2 aliphatic heterocycles.